The Morgan fingerprint density at radius 3 is 2.46 bits per heavy atom. The molecule has 0 aromatic heterocycles. The first kappa shape index (κ1) is 9.47. The van der Waals surface area contributed by atoms with Crippen LogP contribution < -0.4 is 11.5 Å². The Balaban J connectivity index is 2.35. The van der Waals surface area contributed by atoms with Crippen LogP contribution in [0.5, 0.6) is 0 Å². The minimum Gasteiger partial charge on any atom is -0.326 e. The first-order valence-electron chi connectivity index (χ1n) is 5.64. The van der Waals surface area contributed by atoms with Crippen LogP contribution in [0.3, 0.4) is 0 Å². The molecular formula is C11H22N2. The van der Waals surface area contributed by atoms with Crippen molar-refractivity contribution in [3.05, 3.63) is 0 Å². The van der Waals surface area contributed by atoms with Gasteiger partial charge in [-0.05, 0) is 43.4 Å². The van der Waals surface area contributed by atoms with Crippen LogP contribution in [0, 0.1) is 11.3 Å². The largest absolute Gasteiger partial charge is 0.326 e. The normalized spacial score (nSPS) is 54.5. The molecule has 2 saturated carbocycles. The maximum Gasteiger partial charge on any atom is 0.0364 e. The fraction of sp³-hybridized carbons (Fsp3) is 1.00. The number of rotatable bonds is 2. The molecule has 13 heavy (non-hydrogen) atoms. The SMILES string of the molecule is CCC12CCC(C1)C(N)C2(N)CC. The second-order valence-corrected chi connectivity index (χ2v) is 5.06. The molecular weight excluding hydrogens is 160 g/mol. The molecule has 0 aromatic rings. The summed E-state index contributed by atoms with van der Waals surface area (Å²) in [6.07, 6.45) is 6.16. The number of fused-ring (bicyclic) bond motifs is 2. The maximum atomic E-state index is 6.51. The Kier molecular flexibility index (Phi) is 1.97. The van der Waals surface area contributed by atoms with Gasteiger partial charge in [0.15, 0.2) is 0 Å². The van der Waals surface area contributed by atoms with Gasteiger partial charge in [0.1, 0.15) is 0 Å². The lowest BCUT2D eigenvalue weighted by Crippen LogP contribution is -2.63. The van der Waals surface area contributed by atoms with E-state index in [1.807, 2.05) is 0 Å². The lowest BCUT2D eigenvalue weighted by molar-refractivity contribution is 0.113. The zero-order valence-electron chi connectivity index (χ0n) is 8.84. The topological polar surface area (TPSA) is 52.0 Å². The van der Waals surface area contributed by atoms with E-state index in [0.29, 0.717) is 11.3 Å². The van der Waals surface area contributed by atoms with Crippen LogP contribution in [0.4, 0.5) is 0 Å². The van der Waals surface area contributed by atoms with Crippen LogP contribution in [0.1, 0.15) is 46.0 Å². The fourth-order valence-corrected chi connectivity index (χ4v) is 3.93. The average molecular weight is 182 g/mol. The third kappa shape index (κ3) is 0.909. The van der Waals surface area contributed by atoms with Crippen molar-refractivity contribution < 1.29 is 0 Å². The quantitative estimate of drug-likeness (QED) is 0.682. The number of hydrogen-bond acceptors (Lipinski definition) is 2. The van der Waals surface area contributed by atoms with E-state index in [2.05, 4.69) is 13.8 Å². The van der Waals surface area contributed by atoms with Crippen molar-refractivity contribution in [2.24, 2.45) is 22.8 Å². The van der Waals surface area contributed by atoms with Crippen molar-refractivity contribution in [2.75, 3.05) is 0 Å². The van der Waals surface area contributed by atoms with E-state index >= 15 is 0 Å². The van der Waals surface area contributed by atoms with Gasteiger partial charge in [0, 0.05) is 11.6 Å². The first-order valence-corrected chi connectivity index (χ1v) is 5.64. The van der Waals surface area contributed by atoms with Gasteiger partial charge in [-0.3, -0.25) is 0 Å². The lowest BCUT2D eigenvalue weighted by Gasteiger charge is -2.46. The highest BCUT2D eigenvalue weighted by Gasteiger charge is 2.62. The summed E-state index contributed by atoms with van der Waals surface area (Å²) in [5.74, 6) is 0.713. The molecule has 0 heterocycles. The highest BCUT2D eigenvalue weighted by Crippen LogP contribution is 2.60. The zero-order valence-corrected chi connectivity index (χ0v) is 8.84. The Hall–Kier alpha value is -0.0800. The maximum absolute atomic E-state index is 6.51. The van der Waals surface area contributed by atoms with E-state index in [9.17, 15) is 0 Å². The van der Waals surface area contributed by atoms with Crippen molar-refractivity contribution >= 4 is 0 Å². The van der Waals surface area contributed by atoms with Crippen molar-refractivity contribution in [1.29, 1.82) is 0 Å². The molecule has 2 aliphatic rings. The van der Waals surface area contributed by atoms with Crippen LogP contribution in [0.2, 0.25) is 0 Å². The summed E-state index contributed by atoms with van der Waals surface area (Å²) in [6.45, 7) is 4.47. The molecule has 0 aliphatic heterocycles. The van der Waals surface area contributed by atoms with Gasteiger partial charge in [0.05, 0.1) is 0 Å². The second-order valence-electron chi connectivity index (χ2n) is 5.06. The molecule has 2 aliphatic carbocycles. The van der Waals surface area contributed by atoms with Crippen molar-refractivity contribution in [1.82, 2.24) is 0 Å². The van der Waals surface area contributed by atoms with Crippen molar-refractivity contribution in [3.63, 3.8) is 0 Å². The van der Waals surface area contributed by atoms with Gasteiger partial charge in [0.25, 0.3) is 0 Å². The molecule has 76 valence electrons. The molecule has 2 nitrogen and oxygen atoms in total. The molecule has 0 spiro atoms. The summed E-state index contributed by atoms with van der Waals surface area (Å²) in [7, 11) is 0. The molecule has 2 heteroatoms. The smallest absolute Gasteiger partial charge is 0.0364 e. The van der Waals surface area contributed by atoms with Crippen molar-refractivity contribution in [3.8, 4) is 0 Å². The van der Waals surface area contributed by atoms with Gasteiger partial charge in [-0.2, -0.15) is 0 Å². The molecule has 0 saturated heterocycles. The molecule has 2 rings (SSSR count). The number of hydrogen-bond donors (Lipinski definition) is 2. The van der Waals surface area contributed by atoms with E-state index in [1.165, 1.54) is 25.7 Å². The van der Waals surface area contributed by atoms with Gasteiger partial charge < -0.3 is 11.5 Å². The van der Waals surface area contributed by atoms with Crippen LogP contribution in [0.25, 0.3) is 0 Å². The van der Waals surface area contributed by atoms with E-state index in [0.717, 1.165) is 6.42 Å². The van der Waals surface area contributed by atoms with Crippen molar-refractivity contribution in [2.45, 2.75) is 57.5 Å². The summed E-state index contributed by atoms with van der Waals surface area (Å²) >= 11 is 0. The highest BCUT2D eigenvalue weighted by molar-refractivity contribution is 5.19. The monoisotopic (exact) mass is 182 g/mol. The van der Waals surface area contributed by atoms with E-state index in [-0.39, 0.29) is 11.6 Å². The minimum absolute atomic E-state index is 0.0648. The minimum atomic E-state index is -0.0648. The summed E-state index contributed by atoms with van der Waals surface area (Å²) < 4.78 is 0. The van der Waals surface area contributed by atoms with Crippen LogP contribution >= 0.6 is 0 Å². The number of nitrogens with two attached hydrogens (primary N) is 2. The van der Waals surface area contributed by atoms with Gasteiger partial charge >= 0.3 is 0 Å². The predicted molar refractivity (Wildman–Crippen MR) is 55.2 cm³/mol. The van der Waals surface area contributed by atoms with E-state index in [4.69, 9.17) is 11.5 Å². The Labute approximate surface area is 81.1 Å². The molecule has 0 aromatic carbocycles. The second kappa shape index (κ2) is 2.71. The molecule has 2 bridgehead atoms. The molecule has 4 atom stereocenters. The average Bonchev–Trinajstić information content (AvgIpc) is 2.67. The Morgan fingerprint density at radius 1 is 1.31 bits per heavy atom. The molecule has 4 unspecified atom stereocenters. The van der Waals surface area contributed by atoms with E-state index in [1.54, 1.807) is 0 Å². The standard InChI is InChI=1S/C11H22N2/c1-3-10-6-5-8(7-10)9(12)11(10,13)4-2/h8-9H,3-7,12-13H2,1-2H3. The highest BCUT2D eigenvalue weighted by atomic mass is 15.0. The van der Waals surface area contributed by atoms with Crippen LogP contribution in [0.15, 0.2) is 0 Å². The molecule has 4 N–H and O–H groups in total. The summed E-state index contributed by atoms with van der Waals surface area (Å²) in [4.78, 5) is 0. The zero-order chi connectivity index (χ0) is 9.69. The third-order valence-electron chi connectivity index (χ3n) is 5.00. The van der Waals surface area contributed by atoms with Gasteiger partial charge in [-0.1, -0.05) is 13.8 Å². The Morgan fingerprint density at radius 2 is 2.00 bits per heavy atom. The summed E-state index contributed by atoms with van der Waals surface area (Å²) in [5, 5.41) is 0. The van der Waals surface area contributed by atoms with Crippen LogP contribution in [-0.2, 0) is 0 Å². The lowest BCUT2D eigenvalue weighted by atomic mass is 9.65. The van der Waals surface area contributed by atoms with Crippen LogP contribution in [-0.4, -0.2) is 11.6 Å². The summed E-state index contributed by atoms with van der Waals surface area (Å²) in [6, 6.07) is 0.256. The molecule has 0 radical (unpaired) electrons. The van der Waals surface area contributed by atoms with Gasteiger partial charge in [0.2, 0.25) is 0 Å². The third-order valence-corrected chi connectivity index (χ3v) is 5.00. The fourth-order valence-electron chi connectivity index (χ4n) is 3.93. The Bertz CT molecular complexity index is 212. The first-order chi connectivity index (χ1) is 6.09. The van der Waals surface area contributed by atoms with Gasteiger partial charge in [-0.25, -0.2) is 0 Å². The van der Waals surface area contributed by atoms with E-state index < -0.39 is 0 Å². The molecule has 2 fully saturated rings. The predicted octanol–water partition coefficient (Wildman–Crippen LogP) is 1.63. The van der Waals surface area contributed by atoms with Gasteiger partial charge in [-0.15, -0.1) is 0 Å². The molecule has 0 amide bonds. The summed E-state index contributed by atoms with van der Waals surface area (Å²) in [5.41, 5.74) is 13.1.